The van der Waals surface area contributed by atoms with Gasteiger partial charge in [0.25, 0.3) is 0 Å². The van der Waals surface area contributed by atoms with Gasteiger partial charge in [0.15, 0.2) is 0 Å². The standard InChI is InChI=1S/C12H16FN3O/c13-10-6-8(12(15)17)3-4-11(10)16-5-1-2-9(14)7-16/h3-4,6,9H,1-2,5,7,14H2,(H2,15,17)/t9-/m1/s1. The number of amides is 1. The van der Waals surface area contributed by atoms with Crippen molar-refractivity contribution in [3.8, 4) is 0 Å². The molecule has 1 atom stereocenters. The summed E-state index contributed by atoms with van der Waals surface area (Å²) in [4.78, 5) is 12.8. The smallest absolute Gasteiger partial charge is 0.248 e. The maximum Gasteiger partial charge on any atom is 0.248 e. The monoisotopic (exact) mass is 237 g/mol. The second-order valence-electron chi connectivity index (χ2n) is 4.38. The number of primary amides is 1. The maximum absolute atomic E-state index is 13.8. The van der Waals surface area contributed by atoms with E-state index in [0.717, 1.165) is 19.4 Å². The quantitative estimate of drug-likeness (QED) is 0.801. The molecule has 0 radical (unpaired) electrons. The van der Waals surface area contributed by atoms with Crippen LogP contribution in [0.2, 0.25) is 0 Å². The lowest BCUT2D eigenvalue weighted by Gasteiger charge is -2.32. The molecule has 4 N–H and O–H groups in total. The lowest BCUT2D eigenvalue weighted by Crippen LogP contribution is -2.43. The number of nitrogens with zero attached hydrogens (tertiary/aromatic N) is 1. The van der Waals surface area contributed by atoms with Crippen molar-refractivity contribution in [2.75, 3.05) is 18.0 Å². The Bertz CT molecular complexity index is 436. The summed E-state index contributed by atoms with van der Waals surface area (Å²) in [6.45, 7) is 1.44. The molecule has 0 bridgehead atoms. The summed E-state index contributed by atoms with van der Waals surface area (Å²) < 4.78 is 13.8. The van der Waals surface area contributed by atoms with E-state index in [9.17, 15) is 9.18 Å². The number of carbonyl (C=O) groups is 1. The molecule has 2 rings (SSSR count). The average Bonchev–Trinajstić information content (AvgIpc) is 2.28. The first-order valence-corrected chi connectivity index (χ1v) is 5.68. The van der Waals surface area contributed by atoms with E-state index in [1.165, 1.54) is 6.07 Å². The normalized spacial score (nSPS) is 20.4. The number of rotatable bonds is 2. The molecule has 1 saturated heterocycles. The summed E-state index contributed by atoms with van der Waals surface area (Å²) in [7, 11) is 0. The predicted octanol–water partition coefficient (Wildman–Crippen LogP) is 0.852. The first-order valence-electron chi connectivity index (χ1n) is 5.68. The highest BCUT2D eigenvalue weighted by Gasteiger charge is 2.19. The van der Waals surface area contributed by atoms with Crippen LogP contribution < -0.4 is 16.4 Å². The lowest BCUT2D eigenvalue weighted by molar-refractivity contribution is 0.1000. The van der Waals surface area contributed by atoms with Crippen molar-refractivity contribution in [2.45, 2.75) is 18.9 Å². The maximum atomic E-state index is 13.8. The van der Waals surface area contributed by atoms with E-state index in [-0.39, 0.29) is 11.6 Å². The fraction of sp³-hybridized carbons (Fsp3) is 0.417. The van der Waals surface area contributed by atoms with Gasteiger partial charge < -0.3 is 16.4 Å². The molecule has 0 aliphatic carbocycles. The van der Waals surface area contributed by atoms with E-state index in [4.69, 9.17) is 11.5 Å². The van der Waals surface area contributed by atoms with Crippen LogP contribution in [-0.2, 0) is 0 Å². The third kappa shape index (κ3) is 2.55. The third-order valence-corrected chi connectivity index (χ3v) is 3.03. The molecule has 1 fully saturated rings. The number of benzene rings is 1. The van der Waals surface area contributed by atoms with Gasteiger partial charge in [-0.2, -0.15) is 0 Å². The summed E-state index contributed by atoms with van der Waals surface area (Å²) in [5.74, 6) is -1.04. The van der Waals surface area contributed by atoms with Crippen molar-refractivity contribution >= 4 is 11.6 Å². The number of carbonyl (C=O) groups excluding carboxylic acids is 1. The van der Waals surface area contributed by atoms with E-state index in [1.807, 2.05) is 4.90 Å². The Balaban J connectivity index is 2.23. The number of piperidine rings is 1. The second kappa shape index (κ2) is 4.71. The Morgan fingerprint density at radius 2 is 2.24 bits per heavy atom. The van der Waals surface area contributed by atoms with E-state index < -0.39 is 11.7 Å². The predicted molar refractivity (Wildman–Crippen MR) is 64.3 cm³/mol. The molecule has 0 unspecified atom stereocenters. The highest BCUT2D eigenvalue weighted by Crippen LogP contribution is 2.23. The number of anilines is 1. The number of hydrogen-bond donors (Lipinski definition) is 2. The zero-order valence-electron chi connectivity index (χ0n) is 9.53. The van der Waals surface area contributed by atoms with Gasteiger partial charge in [0.05, 0.1) is 5.69 Å². The van der Waals surface area contributed by atoms with Crippen molar-refractivity contribution < 1.29 is 9.18 Å². The highest BCUT2D eigenvalue weighted by atomic mass is 19.1. The average molecular weight is 237 g/mol. The summed E-state index contributed by atoms with van der Waals surface area (Å²) in [6, 6.07) is 4.39. The van der Waals surface area contributed by atoms with Crippen LogP contribution >= 0.6 is 0 Å². The molecule has 5 heteroatoms. The van der Waals surface area contributed by atoms with Gasteiger partial charge in [-0.15, -0.1) is 0 Å². The van der Waals surface area contributed by atoms with Gasteiger partial charge in [0.1, 0.15) is 5.82 Å². The van der Waals surface area contributed by atoms with Crippen molar-refractivity contribution in [1.29, 1.82) is 0 Å². The Hall–Kier alpha value is -1.62. The minimum absolute atomic E-state index is 0.0824. The van der Waals surface area contributed by atoms with Crippen molar-refractivity contribution in [3.05, 3.63) is 29.6 Å². The van der Waals surface area contributed by atoms with Crippen LogP contribution in [0.5, 0.6) is 0 Å². The van der Waals surface area contributed by atoms with Gasteiger partial charge in [0.2, 0.25) is 5.91 Å². The van der Waals surface area contributed by atoms with Crippen molar-refractivity contribution in [1.82, 2.24) is 0 Å². The number of hydrogen-bond acceptors (Lipinski definition) is 3. The molecule has 1 amide bonds. The Morgan fingerprint density at radius 3 is 2.82 bits per heavy atom. The molecule has 1 aromatic rings. The molecule has 4 nitrogen and oxygen atoms in total. The fourth-order valence-corrected chi connectivity index (χ4v) is 2.15. The van der Waals surface area contributed by atoms with E-state index in [0.29, 0.717) is 12.2 Å². The minimum Gasteiger partial charge on any atom is -0.368 e. The molecule has 0 saturated carbocycles. The SMILES string of the molecule is NC(=O)c1ccc(N2CCC[C@@H](N)C2)c(F)c1. The molecule has 0 spiro atoms. The molecule has 1 heterocycles. The van der Waals surface area contributed by atoms with E-state index >= 15 is 0 Å². The second-order valence-corrected chi connectivity index (χ2v) is 4.38. The first kappa shape index (κ1) is 11.9. The summed E-state index contributed by atoms with van der Waals surface area (Å²) in [5.41, 5.74) is 11.6. The summed E-state index contributed by atoms with van der Waals surface area (Å²) in [5, 5.41) is 0. The van der Waals surface area contributed by atoms with E-state index in [1.54, 1.807) is 12.1 Å². The Morgan fingerprint density at radius 1 is 1.47 bits per heavy atom. The summed E-state index contributed by atoms with van der Waals surface area (Å²) >= 11 is 0. The molecule has 17 heavy (non-hydrogen) atoms. The van der Waals surface area contributed by atoms with Crippen LogP contribution in [0.3, 0.4) is 0 Å². The third-order valence-electron chi connectivity index (χ3n) is 3.03. The zero-order valence-corrected chi connectivity index (χ0v) is 9.53. The molecule has 1 aromatic carbocycles. The van der Waals surface area contributed by atoms with Crippen molar-refractivity contribution in [3.63, 3.8) is 0 Å². The fourth-order valence-electron chi connectivity index (χ4n) is 2.15. The lowest BCUT2D eigenvalue weighted by atomic mass is 10.1. The molecule has 1 aliphatic heterocycles. The number of halogens is 1. The van der Waals surface area contributed by atoms with Crippen LogP contribution in [0.15, 0.2) is 18.2 Å². The Kier molecular flexibility index (Phi) is 3.28. The first-order chi connectivity index (χ1) is 8.08. The van der Waals surface area contributed by atoms with Crippen LogP contribution in [-0.4, -0.2) is 25.0 Å². The molecule has 92 valence electrons. The molecular formula is C12H16FN3O. The van der Waals surface area contributed by atoms with Crippen LogP contribution in [0.1, 0.15) is 23.2 Å². The van der Waals surface area contributed by atoms with Gasteiger partial charge in [0, 0.05) is 24.7 Å². The van der Waals surface area contributed by atoms with Crippen LogP contribution in [0, 0.1) is 5.82 Å². The van der Waals surface area contributed by atoms with Gasteiger partial charge in [-0.1, -0.05) is 0 Å². The summed E-state index contributed by atoms with van der Waals surface area (Å²) in [6.07, 6.45) is 1.93. The molecule has 0 aromatic heterocycles. The highest BCUT2D eigenvalue weighted by molar-refractivity contribution is 5.93. The van der Waals surface area contributed by atoms with Gasteiger partial charge in [-0.05, 0) is 31.0 Å². The zero-order chi connectivity index (χ0) is 12.4. The van der Waals surface area contributed by atoms with Gasteiger partial charge >= 0.3 is 0 Å². The van der Waals surface area contributed by atoms with Gasteiger partial charge in [-0.25, -0.2) is 4.39 Å². The van der Waals surface area contributed by atoms with Crippen LogP contribution in [0.4, 0.5) is 10.1 Å². The largest absolute Gasteiger partial charge is 0.368 e. The van der Waals surface area contributed by atoms with Crippen LogP contribution in [0.25, 0.3) is 0 Å². The van der Waals surface area contributed by atoms with Crippen molar-refractivity contribution in [2.24, 2.45) is 11.5 Å². The topological polar surface area (TPSA) is 72.4 Å². The van der Waals surface area contributed by atoms with Gasteiger partial charge in [-0.3, -0.25) is 4.79 Å². The molecular weight excluding hydrogens is 221 g/mol. The molecule has 1 aliphatic rings. The Labute approximate surface area is 99.4 Å². The van der Waals surface area contributed by atoms with E-state index in [2.05, 4.69) is 0 Å². The number of nitrogens with two attached hydrogens (primary N) is 2. The minimum atomic E-state index is -0.620.